The molecule has 2 heterocycles. The number of nitrogens with one attached hydrogen (secondary N) is 1. The fourth-order valence-corrected chi connectivity index (χ4v) is 1.74. The highest BCUT2D eigenvalue weighted by molar-refractivity contribution is 5.20. The van der Waals surface area contributed by atoms with Crippen molar-refractivity contribution in [2.24, 2.45) is 0 Å². The summed E-state index contributed by atoms with van der Waals surface area (Å²) in [6.45, 7) is 5.66. The van der Waals surface area contributed by atoms with Crippen molar-refractivity contribution in [3.63, 3.8) is 0 Å². The molecule has 0 unspecified atom stereocenters. The maximum absolute atomic E-state index is 5.68. The lowest BCUT2D eigenvalue weighted by Crippen LogP contribution is -2.22. The Labute approximate surface area is 120 Å². The van der Waals surface area contributed by atoms with E-state index in [9.17, 15) is 0 Å². The predicted octanol–water partition coefficient (Wildman–Crippen LogP) is 2.60. The van der Waals surface area contributed by atoms with Crippen LogP contribution in [-0.4, -0.2) is 22.6 Å². The van der Waals surface area contributed by atoms with Gasteiger partial charge in [-0.2, -0.15) is 0 Å². The van der Waals surface area contributed by atoms with Gasteiger partial charge in [0.2, 0.25) is 0 Å². The van der Waals surface area contributed by atoms with Gasteiger partial charge in [0.1, 0.15) is 5.75 Å². The summed E-state index contributed by atoms with van der Waals surface area (Å²) in [5.74, 6) is 0.808. The maximum atomic E-state index is 5.68. The van der Waals surface area contributed by atoms with Gasteiger partial charge in [0.15, 0.2) is 0 Å². The largest absolute Gasteiger partial charge is 0.492 e. The summed E-state index contributed by atoms with van der Waals surface area (Å²) in [6.07, 6.45) is 6.27. The third-order valence-electron chi connectivity index (χ3n) is 2.87. The van der Waals surface area contributed by atoms with Crippen molar-refractivity contribution in [1.29, 1.82) is 0 Å². The first kappa shape index (κ1) is 14.5. The molecule has 0 atom stereocenters. The van der Waals surface area contributed by atoms with Crippen molar-refractivity contribution in [3.05, 3.63) is 54.1 Å². The third-order valence-corrected chi connectivity index (χ3v) is 2.87. The number of hydrogen-bond donors (Lipinski definition) is 1. The summed E-state index contributed by atoms with van der Waals surface area (Å²) >= 11 is 0. The van der Waals surface area contributed by atoms with Gasteiger partial charge in [0.05, 0.1) is 18.5 Å². The zero-order valence-corrected chi connectivity index (χ0v) is 12.0. The molecule has 0 fully saturated rings. The Hall–Kier alpha value is -1.94. The van der Waals surface area contributed by atoms with Crippen molar-refractivity contribution in [2.75, 3.05) is 6.61 Å². The minimum Gasteiger partial charge on any atom is -0.492 e. The minimum absolute atomic E-state index is 0.465. The van der Waals surface area contributed by atoms with Crippen LogP contribution in [0, 0.1) is 0 Å². The van der Waals surface area contributed by atoms with Gasteiger partial charge >= 0.3 is 0 Å². The molecule has 0 aliphatic heterocycles. The van der Waals surface area contributed by atoms with E-state index in [1.165, 1.54) is 5.56 Å². The van der Waals surface area contributed by atoms with E-state index >= 15 is 0 Å². The topological polar surface area (TPSA) is 47.0 Å². The van der Waals surface area contributed by atoms with E-state index < -0.39 is 0 Å². The molecule has 0 saturated heterocycles. The Bertz CT molecular complexity index is 497. The summed E-state index contributed by atoms with van der Waals surface area (Å²) in [6, 6.07) is 8.41. The molecule has 4 nitrogen and oxygen atoms in total. The van der Waals surface area contributed by atoms with E-state index in [2.05, 4.69) is 35.2 Å². The summed E-state index contributed by atoms with van der Waals surface area (Å²) in [5.41, 5.74) is 2.21. The number of hydrogen-bond acceptors (Lipinski definition) is 4. The SMILES string of the molecule is CC(C)NCc1ccc(OCCc2cccnc2)cn1. The number of nitrogens with zero attached hydrogens (tertiary/aromatic N) is 2. The third kappa shape index (κ3) is 4.97. The van der Waals surface area contributed by atoms with Crippen LogP contribution in [0.15, 0.2) is 42.9 Å². The van der Waals surface area contributed by atoms with Crippen LogP contribution in [-0.2, 0) is 13.0 Å². The highest BCUT2D eigenvalue weighted by Crippen LogP contribution is 2.10. The lowest BCUT2D eigenvalue weighted by Gasteiger charge is -2.09. The lowest BCUT2D eigenvalue weighted by molar-refractivity contribution is 0.320. The molecule has 4 heteroatoms. The summed E-state index contributed by atoms with van der Waals surface area (Å²) in [4.78, 5) is 8.46. The molecule has 20 heavy (non-hydrogen) atoms. The Kier molecular flexibility index (Phi) is 5.50. The van der Waals surface area contributed by atoms with Crippen LogP contribution in [0.2, 0.25) is 0 Å². The van der Waals surface area contributed by atoms with Crippen LogP contribution in [0.3, 0.4) is 0 Å². The highest BCUT2D eigenvalue weighted by Gasteiger charge is 1.99. The molecule has 2 aromatic rings. The molecule has 0 spiro atoms. The molecule has 0 amide bonds. The van der Waals surface area contributed by atoms with Gasteiger partial charge in [-0.05, 0) is 23.8 Å². The molecular weight excluding hydrogens is 250 g/mol. The second-order valence-electron chi connectivity index (χ2n) is 4.98. The van der Waals surface area contributed by atoms with E-state index in [1.54, 1.807) is 12.4 Å². The van der Waals surface area contributed by atoms with Crippen LogP contribution >= 0.6 is 0 Å². The Morgan fingerprint density at radius 3 is 2.75 bits per heavy atom. The monoisotopic (exact) mass is 271 g/mol. The number of ether oxygens (including phenoxy) is 1. The average molecular weight is 271 g/mol. The molecule has 0 aliphatic carbocycles. The minimum atomic E-state index is 0.465. The molecule has 0 saturated carbocycles. The van der Waals surface area contributed by atoms with Gasteiger partial charge in [-0.25, -0.2) is 0 Å². The van der Waals surface area contributed by atoms with Crippen LogP contribution < -0.4 is 10.1 Å². The van der Waals surface area contributed by atoms with Crippen molar-refractivity contribution in [2.45, 2.75) is 32.9 Å². The molecule has 106 valence electrons. The average Bonchev–Trinajstić information content (AvgIpc) is 2.47. The first-order chi connectivity index (χ1) is 9.74. The van der Waals surface area contributed by atoms with Crippen LogP contribution in [0.5, 0.6) is 5.75 Å². The van der Waals surface area contributed by atoms with Crippen molar-refractivity contribution >= 4 is 0 Å². The van der Waals surface area contributed by atoms with Crippen molar-refractivity contribution in [3.8, 4) is 5.75 Å². The highest BCUT2D eigenvalue weighted by atomic mass is 16.5. The van der Waals surface area contributed by atoms with Crippen LogP contribution in [0.1, 0.15) is 25.1 Å². The Morgan fingerprint density at radius 1 is 1.20 bits per heavy atom. The molecule has 0 aromatic carbocycles. The standard InChI is InChI=1S/C16H21N3O/c1-13(2)18-11-15-5-6-16(12-19-15)20-9-7-14-4-3-8-17-10-14/h3-6,8,10,12-13,18H,7,9,11H2,1-2H3. The zero-order chi connectivity index (χ0) is 14.2. The number of rotatable bonds is 7. The smallest absolute Gasteiger partial charge is 0.137 e. The van der Waals surface area contributed by atoms with Gasteiger partial charge < -0.3 is 10.1 Å². The van der Waals surface area contributed by atoms with E-state index in [-0.39, 0.29) is 0 Å². The number of aromatic nitrogens is 2. The summed E-state index contributed by atoms with van der Waals surface area (Å²) < 4.78 is 5.68. The fourth-order valence-electron chi connectivity index (χ4n) is 1.74. The lowest BCUT2D eigenvalue weighted by atomic mass is 10.2. The normalized spacial score (nSPS) is 10.8. The first-order valence-corrected chi connectivity index (χ1v) is 6.94. The quantitative estimate of drug-likeness (QED) is 0.841. The summed E-state index contributed by atoms with van der Waals surface area (Å²) in [7, 11) is 0. The maximum Gasteiger partial charge on any atom is 0.137 e. The van der Waals surface area contributed by atoms with E-state index in [0.717, 1.165) is 24.4 Å². The van der Waals surface area contributed by atoms with Gasteiger partial charge in [0.25, 0.3) is 0 Å². The van der Waals surface area contributed by atoms with Crippen LogP contribution in [0.25, 0.3) is 0 Å². The summed E-state index contributed by atoms with van der Waals surface area (Å²) in [5, 5.41) is 3.34. The molecule has 0 bridgehead atoms. The van der Waals surface area contributed by atoms with Gasteiger partial charge in [-0.1, -0.05) is 19.9 Å². The fraction of sp³-hybridized carbons (Fsp3) is 0.375. The predicted molar refractivity (Wildman–Crippen MR) is 79.6 cm³/mol. The van der Waals surface area contributed by atoms with Gasteiger partial charge in [0, 0.05) is 31.4 Å². The van der Waals surface area contributed by atoms with E-state index in [0.29, 0.717) is 12.6 Å². The van der Waals surface area contributed by atoms with Crippen molar-refractivity contribution in [1.82, 2.24) is 15.3 Å². The van der Waals surface area contributed by atoms with E-state index in [1.807, 2.05) is 24.4 Å². The zero-order valence-electron chi connectivity index (χ0n) is 12.0. The molecular formula is C16H21N3O. The Morgan fingerprint density at radius 2 is 2.10 bits per heavy atom. The van der Waals surface area contributed by atoms with Gasteiger partial charge in [-0.15, -0.1) is 0 Å². The first-order valence-electron chi connectivity index (χ1n) is 6.94. The molecule has 2 aromatic heterocycles. The molecule has 0 aliphatic rings. The Balaban J connectivity index is 1.76. The second-order valence-corrected chi connectivity index (χ2v) is 4.98. The number of pyridine rings is 2. The van der Waals surface area contributed by atoms with Crippen LogP contribution in [0.4, 0.5) is 0 Å². The van der Waals surface area contributed by atoms with Gasteiger partial charge in [-0.3, -0.25) is 9.97 Å². The second kappa shape index (κ2) is 7.60. The molecule has 1 N–H and O–H groups in total. The van der Waals surface area contributed by atoms with E-state index in [4.69, 9.17) is 4.74 Å². The van der Waals surface area contributed by atoms with Crippen molar-refractivity contribution < 1.29 is 4.74 Å². The molecule has 0 radical (unpaired) electrons. The molecule has 2 rings (SSSR count).